The number of aliphatic hydroxyl groups excluding tert-OH is 1. The van der Waals surface area contributed by atoms with E-state index in [0.29, 0.717) is 6.61 Å². The van der Waals surface area contributed by atoms with Crippen LogP contribution in [0.25, 0.3) is 0 Å². The Balaban J connectivity index is 2.16. The summed E-state index contributed by atoms with van der Waals surface area (Å²) in [5.41, 5.74) is 1.16. The summed E-state index contributed by atoms with van der Waals surface area (Å²) in [7, 11) is 1.66. The molecule has 0 spiro atoms. The highest BCUT2D eigenvalue weighted by Gasteiger charge is 2.27. The van der Waals surface area contributed by atoms with Crippen molar-refractivity contribution in [2.75, 3.05) is 33.4 Å². The van der Waals surface area contributed by atoms with Crippen LogP contribution in [0, 0.1) is 5.92 Å². The lowest BCUT2D eigenvalue weighted by Gasteiger charge is -2.35. The van der Waals surface area contributed by atoms with Gasteiger partial charge in [-0.25, -0.2) is 0 Å². The van der Waals surface area contributed by atoms with Gasteiger partial charge in [-0.2, -0.15) is 0 Å². The molecule has 1 saturated heterocycles. The number of methoxy groups -OCH3 is 1. The highest BCUT2D eigenvalue weighted by molar-refractivity contribution is 9.10. The summed E-state index contributed by atoms with van der Waals surface area (Å²) in [5.74, 6) is 1.75. The van der Waals surface area contributed by atoms with Crippen LogP contribution >= 0.6 is 15.9 Å². The smallest absolute Gasteiger partial charge is 0.175 e. The van der Waals surface area contributed by atoms with Crippen molar-refractivity contribution in [1.29, 1.82) is 0 Å². The Kier molecular flexibility index (Phi) is 6.53. The summed E-state index contributed by atoms with van der Waals surface area (Å²) in [4.78, 5) is 2.40. The van der Waals surface area contributed by atoms with Gasteiger partial charge in [0.25, 0.3) is 0 Å². The number of piperidine rings is 1. The number of benzene rings is 1. The Bertz CT molecular complexity index is 495. The fraction of sp³-hybridized carbons (Fsp3) is 0.647. The minimum atomic E-state index is -0.223. The lowest BCUT2D eigenvalue weighted by atomic mass is 9.88. The van der Waals surface area contributed by atoms with E-state index < -0.39 is 0 Å². The first kappa shape index (κ1) is 17.6. The topological polar surface area (TPSA) is 41.9 Å². The molecule has 2 unspecified atom stereocenters. The molecule has 0 bridgehead atoms. The molecule has 1 N–H and O–H groups in total. The minimum absolute atomic E-state index is 0.223. The molecule has 1 heterocycles. The first-order valence-corrected chi connectivity index (χ1v) is 8.77. The zero-order valence-electron chi connectivity index (χ0n) is 13.6. The van der Waals surface area contributed by atoms with Crippen LogP contribution in [0.3, 0.4) is 0 Å². The van der Waals surface area contributed by atoms with Gasteiger partial charge in [0.1, 0.15) is 0 Å². The number of hydrogen-bond donors (Lipinski definition) is 1. The Morgan fingerprint density at radius 2 is 2.14 bits per heavy atom. The van der Waals surface area contributed by atoms with Crippen molar-refractivity contribution >= 4 is 15.9 Å². The molecule has 0 radical (unpaired) electrons. The first-order valence-electron chi connectivity index (χ1n) is 7.98. The van der Waals surface area contributed by atoms with Crippen molar-refractivity contribution in [3.8, 4) is 11.5 Å². The average molecular weight is 372 g/mol. The Hall–Kier alpha value is -0.780. The molecule has 1 aromatic carbocycles. The predicted octanol–water partition coefficient (Wildman–Crippen LogP) is 3.10. The van der Waals surface area contributed by atoms with E-state index in [4.69, 9.17) is 9.47 Å². The molecule has 2 rings (SSSR count). The highest BCUT2D eigenvalue weighted by atomic mass is 79.9. The number of likely N-dealkylation sites (tertiary alicyclic amines) is 1. The van der Waals surface area contributed by atoms with E-state index in [1.54, 1.807) is 7.11 Å². The quantitative estimate of drug-likeness (QED) is 0.833. The van der Waals surface area contributed by atoms with Crippen LogP contribution < -0.4 is 9.47 Å². The molecular formula is C17H26BrNO3. The summed E-state index contributed by atoms with van der Waals surface area (Å²) in [5, 5.41) is 10.3. The summed E-state index contributed by atoms with van der Waals surface area (Å²) in [6.07, 6.45) is 1.48. The number of halogens is 1. The molecule has 1 aromatic rings. The standard InChI is InChI=1S/C17H26BrNO3/c1-4-19-7-6-15(20)13(11-19)8-12-9-14(18)17(22-5-2)16(10-12)21-3/h9-10,13,15,20H,4-8,11H2,1-3H3. The van der Waals surface area contributed by atoms with Gasteiger partial charge in [0, 0.05) is 19.0 Å². The van der Waals surface area contributed by atoms with Crippen molar-refractivity contribution in [2.24, 2.45) is 5.92 Å². The average Bonchev–Trinajstić information content (AvgIpc) is 2.51. The molecule has 2 atom stereocenters. The Morgan fingerprint density at radius 1 is 1.36 bits per heavy atom. The van der Waals surface area contributed by atoms with Gasteiger partial charge in [-0.05, 0) is 59.9 Å². The van der Waals surface area contributed by atoms with Crippen LogP contribution in [0.15, 0.2) is 16.6 Å². The number of aliphatic hydroxyl groups is 1. The fourth-order valence-corrected chi connectivity index (χ4v) is 3.67. The van der Waals surface area contributed by atoms with Crippen molar-refractivity contribution in [2.45, 2.75) is 32.8 Å². The second-order valence-electron chi connectivity index (χ2n) is 5.76. The van der Waals surface area contributed by atoms with Gasteiger partial charge in [0.15, 0.2) is 11.5 Å². The maximum Gasteiger partial charge on any atom is 0.175 e. The largest absolute Gasteiger partial charge is 0.493 e. The van der Waals surface area contributed by atoms with Gasteiger partial charge >= 0.3 is 0 Å². The lowest BCUT2D eigenvalue weighted by Crippen LogP contribution is -2.43. The van der Waals surface area contributed by atoms with Crippen LogP contribution in [-0.4, -0.2) is 49.5 Å². The maximum absolute atomic E-state index is 10.3. The van der Waals surface area contributed by atoms with Gasteiger partial charge in [0.05, 0.1) is 24.3 Å². The summed E-state index contributed by atoms with van der Waals surface area (Å²) >= 11 is 3.57. The molecule has 22 heavy (non-hydrogen) atoms. The number of nitrogens with zero attached hydrogens (tertiary/aromatic N) is 1. The van der Waals surface area contributed by atoms with E-state index in [1.165, 1.54) is 0 Å². The monoisotopic (exact) mass is 371 g/mol. The second-order valence-corrected chi connectivity index (χ2v) is 6.61. The predicted molar refractivity (Wildman–Crippen MR) is 91.8 cm³/mol. The molecular weight excluding hydrogens is 346 g/mol. The van der Waals surface area contributed by atoms with Gasteiger partial charge in [-0.3, -0.25) is 0 Å². The number of ether oxygens (including phenoxy) is 2. The molecule has 1 aliphatic rings. The summed E-state index contributed by atoms with van der Waals surface area (Å²) in [6, 6.07) is 4.10. The van der Waals surface area contributed by atoms with E-state index in [-0.39, 0.29) is 12.0 Å². The molecule has 1 aliphatic heterocycles. The second kappa shape index (κ2) is 8.18. The normalized spacial score (nSPS) is 22.6. The van der Waals surface area contributed by atoms with Crippen molar-refractivity contribution in [1.82, 2.24) is 4.90 Å². The van der Waals surface area contributed by atoms with Crippen LogP contribution in [0.2, 0.25) is 0 Å². The third-order valence-corrected chi connectivity index (χ3v) is 4.89. The molecule has 124 valence electrons. The van der Waals surface area contributed by atoms with Crippen LogP contribution in [0.5, 0.6) is 11.5 Å². The SMILES string of the molecule is CCOc1c(Br)cc(CC2CN(CC)CCC2O)cc1OC. The van der Waals surface area contributed by atoms with Crippen LogP contribution in [0.4, 0.5) is 0 Å². The van der Waals surface area contributed by atoms with Crippen LogP contribution in [-0.2, 0) is 6.42 Å². The van der Waals surface area contributed by atoms with Gasteiger partial charge in [-0.1, -0.05) is 6.92 Å². The molecule has 0 amide bonds. The van der Waals surface area contributed by atoms with E-state index in [0.717, 1.165) is 54.0 Å². The zero-order valence-corrected chi connectivity index (χ0v) is 15.2. The van der Waals surface area contributed by atoms with Gasteiger partial charge < -0.3 is 19.5 Å². The van der Waals surface area contributed by atoms with Gasteiger partial charge in [0.2, 0.25) is 0 Å². The number of hydrogen-bond acceptors (Lipinski definition) is 4. The Morgan fingerprint density at radius 3 is 2.77 bits per heavy atom. The highest BCUT2D eigenvalue weighted by Crippen LogP contribution is 2.37. The van der Waals surface area contributed by atoms with Crippen molar-refractivity contribution < 1.29 is 14.6 Å². The summed E-state index contributed by atoms with van der Waals surface area (Å²) < 4.78 is 12.0. The molecule has 0 aliphatic carbocycles. The number of rotatable bonds is 6. The van der Waals surface area contributed by atoms with E-state index >= 15 is 0 Å². The minimum Gasteiger partial charge on any atom is -0.493 e. The van der Waals surface area contributed by atoms with Gasteiger partial charge in [-0.15, -0.1) is 0 Å². The van der Waals surface area contributed by atoms with Crippen LogP contribution in [0.1, 0.15) is 25.8 Å². The molecule has 4 nitrogen and oxygen atoms in total. The van der Waals surface area contributed by atoms with E-state index in [9.17, 15) is 5.11 Å². The van der Waals surface area contributed by atoms with Crippen molar-refractivity contribution in [3.05, 3.63) is 22.2 Å². The zero-order chi connectivity index (χ0) is 16.1. The molecule has 0 saturated carbocycles. The first-order chi connectivity index (χ1) is 10.6. The summed E-state index contributed by atoms with van der Waals surface area (Å²) in [6.45, 7) is 7.71. The van der Waals surface area contributed by atoms with Crippen molar-refractivity contribution in [3.63, 3.8) is 0 Å². The third-order valence-electron chi connectivity index (χ3n) is 4.30. The van der Waals surface area contributed by atoms with E-state index in [2.05, 4.69) is 33.8 Å². The molecule has 5 heteroatoms. The van der Waals surface area contributed by atoms with E-state index in [1.807, 2.05) is 13.0 Å². The Labute approximate surface area is 141 Å². The molecule has 0 aromatic heterocycles. The maximum atomic E-state index is 10.3. The fourth-order valence-electron chi connectivity index (χ4n) is 3.06. The third kappa shape index (κ3) is 4.15. The lowest BCUT2D eigenvalue weighted by molar-refractivity contribution is 0.0290. The molecule has 1 fully saturated rings.